The number of nitrogens with zero attached hydrogens (tertiary/aromatic N) is 1. The summed E-state index contributed by atoms with van der Waals surface area (Å²) in [5, 5.41) is 0. The van der Waals surface area contributed by atoms with Crippen LogP contribution in [-0.2, 0) is 0 Å². The van der Waals surface area contributed by atoms with Crippen LogP contribution in [0.5, 0.6) is 5.88 Å². The number of methoxy groups -OCH3 is 1. The summed E-state index contributed by atoms with van der Waals surface area (Å²) in [7, 11) is 1.59. The first-order valence-electron chi connectivity index (χ1n) is 2.10. The molecule has 0 bridgehead atoms. The van der Waals surface area contributed by atoms with Crippen LogP contribution in [0, 0.1) is 0 Å². The fourth-order valence-electron chi connectivity index (χ4n) is 0.373. The minimum atomic E-state index is 0.631. The zero-order chi connectivity index (χ0) is 6.85. The highest BCUT2D eigenvalue weighted by Crippen LogP contribution is 2.34. The molecule has 0 atom stereocenters. The summed E-state index contributed by atoms with van der Waals surface area (Å²) in [5.74, 6) is 0.631. The van der Waals surface area contributed by atoms with Crippen LogP contribution in [0.25, 0.3) is 0 Å². The Kier molecular flexibility index (Phi) is 2.49. The fourth-order valence-corrected chi connectivity index (χ4v) is 1.84. The summed E-state index contributed by atoms with van der Waals surface area (Å²) in [4.78, 5) is 0. The van der Waals surface area contributed by atoms with Gasteiger partial charge < -0.3 is 4.74 Å². The summed E-state index contributed by atoms with van der Waals surface area (Å²) in [5.41, 5.74) is 0. The number of aromatic nitrogens is 1. The van der Waals surface area contributed by atoms with Crippen molar-refractivity contribution in [2.24, 2.45) is 0 Å². The first-order chi connectivity index (χ1) is 4.25. The molecule has 1 aromatic heterocycles. The highest BCUT2D eigenvalue weighted by Gasteiger charge is 2.07. The van der Waals surface area contributed by atoms with Crippen molar-refractivity contribution in [3.05, 3.63) is 8.26 Å². The van der Waals surface area contributed by atoms with Crippen LogP contribution >= 0.6 is 43.4 Å². The van der Waals surface area contributed by atoms with Crippen molar-refractivity contribution >= 4 is 43.4 Å². The molecule has 0 unspecified atom stereocenters. The Balaban J connectivity index is 3.04. The molecule has 0 aliphatic heterocycles. The zero-order valence-corrected chi connectivity index (χ0v) is 8.51. The van der Waals surface area contributed by atoms with Crippen LogP contribution in [0.3, 0.4) is 0 Å². The van der Waals surface area contributed by atoms with Gasteiger partial charge in [0.25, 0.3) is 0 Å². The van der Waals surface area contributed by atoms with Gasteiger partial charge in [-0.3, -0.25) is 0 Å². The standard InChI is InChI=1S/C4H3Br2NOS/c1-8-4-2(5)3(6)9-7-4/h1H3. The molecule has 0 amide bonds. The molecule has 0 radical (unpaired) electrons. The molecule has 1 rings (SSSR count). The van der Waals surface area contributed by atoms with Gasteiger partial charge in [-0.25, -0.2) is 0 Å². The minimum absolute atomic E-state index is 0.631. The molecule has 9 heavy (non-hydrogen) atoms. The summed E-state index contributed by atoms with van der Waals surface area (Å²) in [6.45, 7) is 0. The molecule has 1 aromatic rings. The van der Waals surface area contributed by atoms with Crippen LogP contribution in [0.2, 0.25) is 0 Å². The van der Waals surface area contributed by atoms with Crippen molar-refractivity contribution in [3.8, 4) is 5.88 Å². The first-order valence-corrected chi connectivity index (χ1v) is 4.46. The molecule has 50 valence electrons. The Morgan fingerprint density at radius 1 is 1.56 bits per heavy atom. The maximum Gasteiger partial charge on any atom is 0.240 e. The van der Waals surface area contributed by atoms with Gasteiger partial charge in [0.15, 0.2) is 0 Å². The maximum atomic E-state index is 4.89. The average molecular weight is 273 g/mol. The van der Waals surface area contributed by atoms with Gasteiger partial charge in [0.2, 0.25) is 5.88 Å². The first kappa shape index (κ1) is 7.50. The third-order valence-electron chi connectivity index (χ3n) is 0.762. The minimum Gasteiger partial charge on any atom is -0.480 e. The van der Waals surface area contributed by atoms with Gasteiger partial charge in [0.1, 0.15) is 8.26 Å². The van der Waals surface area contributed by atoms with E-state index in [0.29, 0.717) is 5.88 Å². The largest absolute Gasteiger partial charge is 0.480 e. The predicted molar refractivity (Wildman–Crippen MR) is 44.1 cm³/mol. The topological polar surface area (TPSA) is 22.1 Å². The van der Waals surface area contributed by atoms with E-state index in [1.54, 1.807) is 7.11 Å². The van der Waals surface area contributed by atoms with Gasteiger partial charge in [-0.2, -0.15) is 4.37 Å². The summed E-state index contributed by atoms with van der Waals surface area (Å²) in [6.07, 6.45) is 0. The third kappa shape index (κ3) is 1.45. The second-order valence-electron chi connectivity index (χ2n) is 1.28. The smallest absolute Gasteiger partial charge is 0.240 e. The number of rotatable bonds is 1. The molecule has 0 saturated carbocycles. The van der Waals surface area contributed by atoms with Crippen molar-refractivity contribution in [1.82, 2.24) is 4.37 Å². The molecule has 0 N–H and O–H groups in total. The van der Waals surface area contributed by atoms with E-state index in [2.05, 4.69) is 36.2 Å². The zero-order valence-electron chi connectivity index (χ0n) is 4.52. The van der Waals surface area contributed by atoms with Crippen molar-refractivity contribution in [3.63, 3.8) is 0 Å². The van der Waals surface area contributed by atoms with E-state index in [0.717, 1.165) is 8.26 Å². The van der Waals surface area contributed by atoms with Gasteiger partial charge in [0, 0.05) is 0 Å². The van der Waals surface area contributed by atoms with Gasteiger partial charge >= 0.3 is 0 Å². The second-order valence-corrected chi connectivity index (χ2v) is 4.16. The number of hydrogen-bond acceptors (Lipinski definition) is 3. The Bertz CT molecular complexity index is 212. The highest BCUT2D eigenvalue weighted by atomic mass is 79.9. The van der Waals surface area contributed by atoms with Crippen LogP contribution < -0.4 is 4.74 Å². The van der Waals surface area contributed by atoms with E-state index in [9.17, 15) is 0 Å². The van der Waals surface area contributed by atoms with Gasteiger partial charge in [-0.1, -0.05) is 0 Å². The lowest BCUT2D eigenvalue weighted by molar-refractivity contribution is 0.400. The predicted octanol–water partition coefficient (Wildman–Crippen LogP) is 2.68. The molecule has 0 aliphatic carbocycles. The number of hydrogen-bond donors (Lipinski definition) is 0. The third-order valence-corrected chi connectivity index (χ3v) is 3.74. The monoisotopic (exact) mass is 271 g/mol. The molecule has 1 heterocycles. The van der Waals surface area contributed by atoms with Crippen molar-refractivity contribution in [1.29, 1.82) is 0 Å². The van der Waals surface area contributed by atoms with Crippen molar-refractivity contribution in [2.45, 2.75) is 0 Å². The molecule has 0 aliphatic rings. The van der Waals surface area contributed by atoms with Crippen molar-refractivity contribution in [2.75, 3.05) is 7.11 Å². The van der Waals surface area contributed by atoms with E-state index in [-0.39, 0.29) is 0 Å². The van der Waals surface area contributed by atoms with Crippen LogP contribution in [0.1, 0.15) is 0 Å². The van der Waals surface area contributed by atoms with E-state index >= 15 is 0 Å². The molecule has 2 nitrogen and oxygen atoms in total. The molecular weight excluding hydrogens is 270 g/mol. The second kappa shape index (κ2) is 2.98. The van der Waals surface area contributed by atoms with E-state index in [4.69, 9.17) is 4.74 Å². The highest BCUT2D eigenvalue weighted by molar-refractivity contribution is 9.13. The molecule has 5 heteroatoms. The number of halogens is 2. The van der Waals surface area contributed by atoms with Crippen LogP contribution in [0.4, 0.5) is 0 Å². The molecule has 0 aromatic carbocycles. The molecular formula is C4H3Br2NOS. The molecule has 0 fully saturated rings. The van der Waals surface area contributed by atoms with E-state index in [1.807, 2.05) is 0 Å². The quantitative estimate of drug-likeness (QED) is 0.784. The normalized spacial score (nSPS) is 9.67. The van der Waals surface area contributed by atoms with Crippen LogP contribution in [0.15, 0.2) is 8.26 Å². The Hall–Kier alpha value is 0.390. The SMILES string of the molecule is COc1nsc(Br)c1Br. The van der Waals surface area contributed by atoms with Crippen molar-refractivity contribution < 1.29 is 4.74 Å². The Morgan fingerprint density at radius 3 is 2.44 bits per heavy atom. The lowest BCUT2D eigenvalue weighted by Crippen LogP contribution is -1.80. The lowest BCUT2D eigenvalue weighted by Gasteiger charge is -1.90. The van der Waals surface area contributed by atoms with Crippen LogP contribution in [-0.4, -0.2) is 11.5 Å². The lowest BCUT2D eigenvalue weighted by atomic mass is 10.7. The Labute approximate surface area is 73.6 Å². The average Bonchev–Trinajstić information content (AvgIpc) is 2.15. The van der Waals surface area contributed by atoms with E-state index in [1.165, 1.54) is 11.5 Å². The Morgan fingerprint density at radius 2 is 2.22 bits per heavy atom. The number of ether oxygens (including phenoxy) is 1. The molecule has 0 saturated heterocycles. The van der Waals surface area contributed by atoms with E-state index < -0.39 is 0 Å². The summed E-state index contributed by atoms with van der Waals surface area (Å²) < 4.78 is 10.7. The van der Waals surface area contributed by atoms with Gasteiger partial charge in [-0.05, 0) is 43.4 Å². The maximum absolute atomic E-state index is 4.89. The summed E-state index contributed by atoms with van der Waals surface area (Å²) >= 11 is 7.92. The van der Waals surface area contributed by atoms with Gasteiger partial charge in [0.05, 0.1) is 7.11 Å². The molecule has 0 spiro atoms. The van der Waals surface area contributed by atoms with Gasteiger partial charge in [-0.15, -0.1) is 0 Å². The summed E-state index contributed by atoms with van der Waals surface area (Å²) in [6, 6.07) is 0. The fraction of sp³-hybridized carbons (Fsp3) is 0.250.